The maximum absolute atomic E-state index is 5.93. The SMILES string of the molecule is CN1CB(c2ccc(Cl)c(Cl)c2)C1. The first-order valence-electron chi connectivity index (χ1n) is 4.30. The summed E-state index contributed by atoms with van der Waals surface area (Å²) in [6.07, 6.45) is 2.25. The van der Waals surface area contributed by atoms with E-state index in [1.54, 1.807) is 0 Å². The molecular weight excluding hydrogens is 204 g/mol. The van der Waals surface area contributed by atoms with Crippen LogP contribution in [-0.4, -0.2) is 31.5 Å². The van der Waals surface area contributed by atoms with Crippen LogP contribution in [0.25, 0.3) is 0 Å². The van der Waals surface area contributed by atoms with E-state index in [0.29, 0.717) is 16.8 Å². The fourth-order valence-electron chi connectivity index (χ4n) is 1.68. The number of halogens is 2. The van der Waals surface area contributed by atoms with Crippen LogP contribution >= 0.6 is 23.2 Å². The van der Waals surface area contributed by atoms with E-state index < -0.39 is 0 Å². The summed E-state index contributed by atoms with van der Waals surface area (Å²) >= 11 is 11.8. The van der Waals surface area contributed by atoms with E-state index in [4.69, 9.17) is 23.2 Å². The van der Waals surface area contributed by atoms with E-state index in [2.05, 4.69) is 18.0 Å². The monoisotopic (exact) mass is 213 g/mol. The quantitative estimate of drug-likeness (QED) is 0.643. The summed E-state index contributed by atoms with van der Waals surface area (Å²) in [5, 5.41) is 1.30. The summed E-state index contributed by atoms with van der Waals surface area (Å²) < 4.78 is 0. The second-order valence-corrected chi connectivity index (χ2v) is 4.41. The number of hydrogen-bond donors (Lipinski definition) is 0. The van der Waals surface area contributed by atoms with Gasteiger partial charge >= 0.3 is 0 Å². The van der Waals surface area contributed by atoms with Crippen LogP contribution in [0.2, 0.25) is 10.0 Å². The zero-order chi connectivity index (χ0) is 9.42. The third kappa shape index (κ3) is 1.85. The average Bonchev–Trinajstić information content (AvgIpc) is 2.05. The Labute approximate surface area is 88.7 Å². The Bertz CT molecular complexity index is 323. The van der Waals surface area contributed by atoms with Crippen molar-refractivity contribution in [1.82, 2.24) is 4.90 Å². The molecule has 68 valence electrons. The average molecular weight is 214 g/mol. The Morgan fingerprint density at radius 3 is 2.46 bits per heavy atom. The third-order valence-electron chi connectivity index (χ3n) is 2.48. The van der Waals surface area contributed by atoms with Gasteiger partial charge in [-0.25, -0.2) is 0 Å². The van der Waals surface area contributed by atoms with Crippen molar-refractivity contribution < 1.29 is 0 Å². The zero-order valence-corrected chi connectivity index (χ0v) is 8.94. The van der Waals surface area contributed by atoms with Crippen LogP contribution in [0.1, 0.15) is 0 Å². The van der Waals surface area contributed by atoms with Crippen molar-refractivity contribution in [2.75, 3.05) is 19.9 Å². The molecule has 0 saturated carbocycles. The zero-order valence-electron chi connectivity index (χ0n) is 7.43. The molecule has 1 heterocycles. The van der Waals surface area contributed by atoms with Gasteiger partial charge in [-0.1, -0.05) is 34.7 Å². The van der Waals surface area contributed by atoms with Crippen LogP contribution in [0.5, 0.6) is 0 Å². The van der Waals surface area contributed by atoms with Gasteiger partial charge < -0.3 is 4.90 Å². The molecule has 1 fully saturated rings. The lowest BCUT2D eigenvalue weighted by Gasteiger charge is -2.34. The summed E-state index contributed by atoms with van der Waals surface area (Å²) in [6.45, 7) is 0.639. The minimum atomic E-state index is 0.637. The smallest absolute Gasteiger partial charge is 0.205 e. The predicted molar refractivity (Wildman–Crippen MR) is 59.3 cm³/mol. The fourth-order valence-corrected chi connectivity index (χ4v) is 1.98. The van der Waals surface area contributed by atoms with Crippen molar-refractivity contribution in [3.05, 3.63) is 28.2 Å². The molecule has 1 saturated heterocycles. The Morgan fingerprint density at radius 2 is 1.92 bits per heavy atom. The summed E-state index contributed by atoms with van der Waals surface area (Å²) in [4.78, 5) is 2.28. The highest BCUT2D eigenvalue weighted by Crippen LogP contribution is 2.20. The van der Waals surface area contributed by atoms with Crippen molar-refractivity contribution >= 4 is 35.4 Å². The second kappa shape index (κ2) is 3.53. The Kier molecular flexibility index (Phi) is 2.54. The summed E-state index contributed by atoms with van der Waals surface area (Å²) in [5.41, 5.74) is 1.30. The number of hydrogen-bond acceptors (Lipinski definition) is 1. The molecule has 1 aliphatic rings. The first kappa shape index (κ1) is 9.38. The standard InChI is InChI=1S/C9H10BCl2N/c1-13-5-10(6-13)7-2-3-8(11)9(12)4-7/h2-4H,5-6H2,1H3. The minimum Gasteiger partial charge on any atom is -0.320 e. The van der Waals surface area contributed by atoms with E-state index in [1.165, 1.54) is 5.46 Å². The minimum absolute atomic E-state index is 0.637. The highest BCUT2D eigenvalue weighted by atomic mass is 35.5. The Morgan fingerprint density at radius 1 is 1.23 bits per heavy atom. The molecule has 13 heavy (non-hydrogen) atoms. The van der Waals surface area contributed by atoms with Crippen molar-refractivity contribution in [2.45, 2.75) is 0 Å². The lowest BCUT2D eigenvalue weighted by atomic mass is 9.39. The van der Waals surface area contributed by atoms with Crippen LogP contribution in [0.3, 0.4) is 0 Å². The van der Waals surface area contributed by atoms with E-state index in [0.717, 1.165) is 12.9 Å². The summed E-state index contributed by atoms with van der Waals surface area (Å²) in [6, 6.07) is 5.91. The highest BCUT2D eigenvalue weighted by Gasteiger charge is 2.28. The molecule has 0 bridgehead atoms. The molecule has 0 unspecified atom stereocenters. The maximum Gasteiger partial charge on any atom is 0.205 e. The Balaban J connectivity index is 2.18. The van der Waals surface area contributed by atoms with Crippen molar-refractivity contribution in [2.24, 2.45) is 0 Å². The topological polar surface area (TPSA) is 3.24 Å². The molecule has 1 nitrogen and oxygen atoms in total. The number of nitrogens with zero attached hydrogens (tertiary/aromatic N) is 1. The second-order valence-electron chi connectivity index (χ2n) is 3.59. The van der Waals surface area contributed by atoms with Gasteiger partial charge in [-0.15, -0.1) is 0 Å². The first-order valence-corrected chi connectivity index (χ1v) is 5.06. The summed E-state index contributed by atoms with van der Waals surface area (Å²) in [7, 11) is 2.12. The molecule has 0 atom stereocenters. The van der Waals surface area contributed by atoms with Crippen molar-refractivity contribution in [3.8, 4) is 0 Å². The summed E-state index contributed by atoms with van der Waals surface area (Å²) in [5.74, 6) is 0. The maximum atomic E-state index is 5.93. The number of rotatable bonds is 1. The molecule has 1 aliphatic heterocycles. The molecule has 0 radical (unpaired) electrons. The lowest BCUT2D eigenvalue weighted by molar-refractivity contribution is 0.396. The van der Waals surface area contributed by atoms with Crippen LogP contribution in [0.15, 0.2) is 18.2 Å². The van der Waals surface area contributed by atoms with E-state index in [1.807, 2.05) is 12.1 Å². The van der Waals surface area contributed by atoms with Crippen LogP contribution in [-0.2, 0) is 0 Å². The van der Waals surface area contributed by atoms with Crippen LogP contribution in [0, 0.1) is 0 Å². The molecule has 0 N–H and O–H groups in total. The molecule has 4 heteroatoms. The molecule has 0 spiro atoms. The van der Waals surface area contributed by atoms with Gasteiger partial charge in [-0.2, -0.15) is 0 Å². The molecule has 1 aromatic carbocycles. The molecule has 2 rings (SSSR count). The molecule has 0 amide bonds. The van der Waals surface area contributed by atoms with Crippen molar-refractivity contribution in [3.63, 3.8) is 0 Å². The molecule has 0 aliphatic carbocycles. The van der Waals surface area contributed by atoms with Crippen molar-refractivity contribution in [1.29, 1.82) is 0 Å². The lowest BCUT2D eigenvalue weighted by Crippen LogP contribution is -2.59. The molecular formula is C9H10BCl2N. The van der Waals surface area contributed by atoms with Gasteiger partial charge in [0.1, 0.15) is 0 Å². The fraction of sp³-hybridized carbons (Fsp3) is 0.333. The van der Waals surface area contributed by atoms with Gasteiger partial charge in [0.25, 0.3) is 0 Å². The van der Waals surface area contributed by atoms with Gasteiger partial charge in [0, 0.05) is 0 Å². The van der Waals surface area contributed by atoms with Crippen LogP contribution in [0.4, 0.5) is 0 Å². The highest BCUT2D eigenvalue weighted by molar-refractivity contribution is 6.76. The number of benzene rings is 1. The van der Waals surface area contributed by atoms with E-state index in [-0.39, 0.29) is 0 Å². The molecule has 0 aromatic heterocycles. The normalized spacial score (nSPS) is 17.3. The van der Waals surface area contributed by atoms with E-state index >= 15 is 0 Å². The third-order valence-corrected chi connectivity index (χ3v) is 3.22. The van der Waals surface area contributed by atoms with E-state index in [9.17, 15) is 0 Å². The van der Waals surface area contributed by atoms with Gasteiger partial charge in [0.2, 0.25) is 6.71 Å². The van der Waals surface area contributed by atoms with Gasteiger partial charge in [0.15, 0.2) is 0 Å². The predicted octanol–water partition coefficient (Wildman–Crippen LogP) is 1.72. The van der Waals surface area contributed by atoms with Crippen LogP contribution < -0.4 is 5.46 Å². The first-order chi connectivity index (χ1) is 6.16. The Hall–Kier alpha value is -0.175. The van der Waals surface area contributed by atoms with Gasteiger partial charge in [0.05, 0.1) is 10.0 Å². The van der Waals surface area contributed by atoms with Gasteiger partial charge in [-0.05, 0) is 32.1 Å². The largest absolute Gasteiger partial charge is 0.320 e. The van der Waals surface area contributed by atoms with Gasteiger partial charge in [-0.3, -0.25) is 0 Å². The molecule has 1 aromatic rings.